The highest BCUT2D eigenvalue weighted by Crippen LogP contribution is 2.32. The van der Waals surface area contributed by atoms with Gasteiger partial charge in [0.2, 0.25) is 0 Å². The summed E-state index contributed by atoms with van der Waals surface area (Å²) in [6.07, 6.45) is -3.19. The van der Waals surface area contributed by atoms with Crippen LogP contribution < -0.4 is 5.32 Å². The van der Waals surface area contributed by atoms with Crippen LogP contribution in [-0.4, -0.2) is 28.8 Å². The summed E-state index contributed by atoms with van der Waals surface area (Å²) in [6, 6.07) is 2.23. The minimum absolute atomic E-state index is 0.0737. The Morgan fingerprint density at radius 1 is 1.44 bits per heavy atom. The molecule has 2 N–H and O–H groups in total. The van der Waals surface area contributed by atoms with Crippen LogP contribution in [0.3, 0.4) is 0 Å². The molecule has 0 saturated carbocycles. The summed E-state index contributed by atoms with van der Waals surface area (Å²) in [5.41, 5.74) is -1.96. The van der Waals surface area contributed by atoms with Crippen LogP contribution in [0.15, 0.2) is 18.3 Å². The Bertz CT molecular complexity index is 388. The second kappa shape index (κ2) is 3.71. The Hall–Kier alpha value is -1.14. The van der Waals surface area contributed by atoms with E-state index in [2.05, 4.69) is 10.3 Å². The first-order valence-electron chi connectivity index (χ1n) is 4.85. The molecule has 0 atom stereocenters. The van der Waals surface area contributed by atoms with Gasteiger partial charge in [-0.2, -0.15) is 13.2 Å². The number of rotatable bonds is 2. The number of aromatic nitrogens is 1. The fourth-order valence-electron chi connectivity index (χ4n) is 1.69. The average molecular weight is 232 g/mol. The Morgan fingerprint density at radius 3 is 2.62 bits per heavy atom. The molecule has 88 valence electrons. The number of pyridine rings is 1. The number of hydrogen-bond acceptors (Lipinski definition) is 3. The van der Waals surface area contributed by atoms with E-state index in [0.29, 0.717) is 13.1 Å². The largest absolute Gasteiger partial charge is 0.418 e. The quantitative estimate of drug-likeness (QED) is 0.798. The number of alkyl halides is 3. The zero-order chi connectivity index (χ0) is 11.8. The van der Waals surface area contributed by atoms with Crippen LogP contribution in [0.5, 0.6) is 0 Å². The molecule has 3 nitrogen and oxygen atoms in total. The third-order valence-corrected chi connectivity index (χ3v) is 2.60. The maximum Gasteiger partial charge on any atom is 0.418 e. The van der Waals surface area contributed by atoms with Crippen molar-refractivity contribution in [3.05, 3.63) is 29.6 Å². The number of hydrogen-bond donors (Lipinski definition) is 2. The summed E-state index contributed by atoms with van der Waals surface area (Å²) in [5, 5.41) is 12.6. The highest BCUT2D eigenvalue weighted by atomic mass is 19.4. The molecule has 1 saturated heterocycles. The summed E-state index contributed by atoms with van der Waals surface area (Å²) < 4.78 is 37.8. The Kier molecular flexibility index (Phi) is 2.63. The number of halogens is 3. The van der Waals surface area contributed by atoms with E-state index in [0.717, 1.165) is 6.07 Å². The molecule has 2 heterocycles. The lowest BCUT2D eigenvalue weighted by Gasteiger charge is -2.37. The fourth-order valence-corrected chi connectivity index (χ4v) is 1.69. The molecule has 0 aromatic carbocycles. The molecule has 0 amide bonds. The van der Waals surface area contributed by atoms with E-state index in [1.807, 2.05) is 0 Å². The van der Waals surface area contributed by atoms with Crippen molar-refractivity contribution in [3.63, 3.8) is 0 Å². The van der Waals surface area contributed by atoms with Crippen LogP contribution in [0.25, 0.3) is 0 Å². The van der Waals surface area contributed by atoms with Gasteiger partial charge in [-0.25, -0.2) is 0 Å². The van der Waals surface area contributed by atoms with E-state index in [9.17, 15) is 18.3 Å². The molecule has 0 spiro atoms. The van der Waals surface area contributed by atoms with Crippen LogP contribution in [0.1, 0.15) is 11.3 Å². The summed E-state index contributed by atoms with van der Waals surface area (Å²) in [4.78, 5) is 3.70. The Balaban J connectivity index is 2.26. The molecule has 1 fully saturated rings. The van der Waals surface area contributed by atoms with Crippen LogP contribution in [0, 0.1) is 0 Å². The molecule has 2 rings (SSSR count). The van der Waals surface area contributed by atoms with E-state index < -0.39 is 17.3 Å². The maximum atomic E-state index is 12.6. The van der Waals surface area contributed by atoms with Crippen molar-refractivity contribution in [2.24, 2.45) is 0 Å². The van der Waals surface area contributed by atoms with Crippen LogP contribution >= 0.6 is 0 Å². The second-order valence-corrected chi connectivity index (χ2v) is 4.00. The van der Waals surface area contributed by atoms with Crippen molar-refractivity contribution in [3.8, 4) is 0 Å². The van der Waals surface area contributed by atoms with Crippen LogP contribution in [0.2, 0.25) is 0 Å². The van der Waals surface area contributed by atoms with E-state index in [-0.39, 0.29) is 12.1 Å². The smallest absolute Gasteiger partial charge is 0.387 e. The third-order valence-electron chi connectivity index (χ3n) is 2.60. The molecule has 16 heavy (non-hydrogen) atoms. The van der Waals surface area contributed by atoms with E-state index in [1.54, 1.807) is 0 Å². The number of β-amino-alcohol motifs (C(OH)–C–C–N with tert-alkyl or cyclic N) is 1. The first kappa shape index (κ1) is 11.3. The van der Waals surface area contributed by atoms with Gasteiger partial charge in [0.05, 0.1) is 16.9 Å². The van der Waals surface area contributed by atoms with Gasteiger partial charge in [0, 0.05) is 25.7 Å². The van der Waals surface area contributed by atoms with Gasteiger partial charge in [-0.05, 0) is 12.1 Å². The Labute approximate surface area is 90.3 Å². The van der Waals surface area contributed by atoms with Gasteiger partial charge in [0.1, 0.15) is 0 Å². The summed E-state index contributed by atoms with van der Waals surface area (Å²) in [7, 11) is 0. The third kappa shape index (κ3) is 2.17. The van der Waals surface area contributed by atoms with Crippen molar-refractivity contribution < 1.29 is 18.3 Å². The summed E-state index contributed by atoms with van der Waals surface area (Å²) in [5.74, 6) is 0. The van der Waals surface area contributed by atoms with Crippen molar-refractivity contribution in [2.45, 2.75) is 18.2 Å². The molecule has 0 radical (unpaired) electrons. The van der Waals surface area contributed by atoms with Gasteiger partial charge in [-0.3, -0.25) is 4.98 Å². The minimum Gasteiger partial charge on any atom is -0.387 e. The Morgan fingerprint density at radius 2 is 2.12 bits per heavy atom. The zero-order valence-electron chi connectivity index (χ0n) is 8.38. The molecular formula is C10H11F3N2O. The molecule has 1 aromatic heterocycles. The summed E-state index contributed by atoms with van der Waals surface area (Å²) in [6.45, 7) is 0.613. The maximum absolute atomic E-state index is 12.6. The molecule has 0 bridgehead atoms. The topological polar surface area (TPSA) is 45.2 Å². The van der Waals surface area contributed by atoms with Crippen LogP contribution in [0.4, 0.5) is 13.2 Å². The lowest BCUT2D eigenvalue weighted by atomic mass is 9.90. The minimum atomic E-state index is -4.42. The van der Waals surface area contributed by atoms with Crippen molar-refractivity contribution in [1.29, 1.82) is 0 Å². The van der Waals surface area contributed by atoms with Gasteiger partial charge in [0.15, 0.2) is 0 Å². The highest BCUT2D eigenvalue weighted by Gasteiger charge is 2.39. The number of nitrogens with one attached hydrogen (secondary N) is 1. The predicted octanol–water partition coefficient (Wildman–Crippen LogP) is 0.977. The van der Waals surface area contributed by atoms with Gasteiger partial charge in [-0.1, -0.05) is 0 Å². The molecule has 1 aliphatic rings. The SMILES string of the molecule is OC1(Cc2ncccc2C(F)(F)F)CNC1. The van der Waals surface area contributed by atoms with E-state index in [4.69, 9.17) is 0 Å². The monoisotopic (exact) mass is 232 g/mol. The van der Waals surface area contributed by atoms with Crippen molar-refractivity contribution >= 4 is 0 Å². The first-order chi connectivity index (χ1) is 7.41. The van der Waals surface area contributed by atoms with E-state index >= 15 is 0 Å². The van der Waals surface area contributed by atoms with Gasteiger partial charge < -0.3 is 10.4 Å². The zero-order valence-corrected chi connectivity index (χ0v) is 8.38. The van der Waals surface area contributed by atoms with Gasteiger partial charge >= 0.3 is 6.18 Å². The molecule has 0 aliphatic carbocycles. The summed E-state index contributed by atoms with van der Waals surface area (Å²) >= 11 is 0. The second-order valence-electron chi connectivity index (χ2n) is 4.00. The average Bonchev–Trinajstić information content (AvgIpc) is 2.14. The molecule has 1 aliphatic heterocycles. The predicted molar refractivity (Wildman–Crippen MR) is 50.8 cm³/mol. The standard InChI is InChI=1S/C10H11F3N2O/c11-10(12,13)7-2-1-3-15-8(7)4-9(16)5-14-6-9/h1-3,14,16H,4-6H2. The lowest BCUT2D eigenvalue weighted by Crippen LogP contribution is -2.60. The highest BCUT2D eigenvalue weighted by molar-refractivity contribution is 5.25. The van der Waals surface area contributed by atoms with Gasteiger partial charge in [0.25, 0.3) is 0 Å². The fraction of sp³-hybridized carbons (Fsp3) is 0.500. The first-order valence-corrected chi connectivity index (χ1v) is 4.85. The van der Waals surface area contributed by atoms with Crippen LogP contribution in [-0.2, 0) is 12.6 Å². The van der Waals surface area contributed by atoms with Crippen molar-refractivity contribution in [2.75, 3.05) is 13.1 Å². The van der Waals surface area contributed by atoms with E-state index in [1.165, 1.54) is 12.3 Å². The lowest BCUT2D eigenvalue weighted by molar-refractivity contribution is -0.139. The number of nitrogens with zero attached hydrogens (tertiary/aromatic N) is 1. The molecular weight excluding hydrogens is 221 g/mol. The molecule has 0 unspecified atom stereocenters. The normalized spacial score (nSPS) is 19.2. The van der Waals surface area contributed by atoms with Crippen molar-refractivity contribution in [1.82, 2.24) is 10.3 Å². The number of aliphatic hydroxyl groups is 1. The molecule has 6 heteroatoms. The molecule has 1 aromatic rings. The van der Waals surface area contributed by atoms with Gasteiger partial charge in [-0.15, -0.1) is 0 Å².